The van der Waals surface area contributed by atoms with Gasteiger partial charge in [-0.1, -0.05) is 0 Å². The molecule has 1 heterocycles. The Hall–Kier alpha value is -0.780. The highest BCUT2D eigenvalue weighted by Crippen LogP contribution is 2.21. The van der Waals surface area contributed by atoms with Gasteiger partial charge < -0.3 is 10.6 Å². The van der Waals surface area contributed by atoms with Gasteiger partial charge in [-0.3, -0.25) is 4.79 Å². The second-order valence-electron chi connectivity index (χ2n) is 4.01. The molecule has 1 aliphatic rings. The number of unbranched alkanes of at least 4 members (excludes halogenated alkanes) is 1. The lowest BCUT2D eigenvalue weighted by atomic mass is 10.2. The predicted octanol–water partition coefficient (Wildman–Crippen LogP) is 1.59. The van der Waals surface area contributed by atoms with Crippen molar-refractivity contribution >= 4 is 5.91 Å². The van der Waals surface area contributed by atoms with E-state index in [1.807, 2.05) is 0 Å². The molecular formula is C10H17F3N2O. The van der Waals surface area contributed by atoms with Crippen LogP contribution in [0.4, 0.5) is 13.2 Å². The third-order valence-corrected chi connectivity index (χ3v) is 2.56. The zero-order chi connectivity index (χ0) is 12.0. The summed E-state index contributed by atoms with van der Waals surface area (Å²) < 4.78 is 35.4. The Kier molecular flexibility index (Phi) is 5.05. The van der Waals surface area contributed by atoms with Gasteiger partial charge in [0, 0.05) is 13.0 Å². The Balaban J connectivity index is 2.00. The van der Waals surface area contributed by atoms with Crippen LogP contribution in [0, 0.1) is 0 Å². The van der Waals surface area contributed by atoms with Gasteiger partial charge in [0.15, 0.2) is 0 Å². The Bertz CT molecular complexity index is 225. The van der Waals surface area contributed by atoms with Crippen molar-refractivity contribution in [2.24, 2.45) is 0 Å². The number of alkyl halides is 3. The van der Waals surface area contributed by atoms with Crippen LogP contribution in [0.3, 0.4) is 0 Å². The molecule has 0 aromatic carbocycles. The zero-order valence-electron chi connectivity index (χ0n) is 9.07. The number of hydrogen-bond acceptors (Lipinski definition) is 2. The second kappa shape index (κ2) is 6.08. The molecule has 0 spiro atoms. The fourth-order valence-corrected chi connectivity index (χ4v) is 1.69. The smallest absolute Gasteiger partial charge is 0.355 e. The summed E-state index contributed by atoms with van der Waals surface area (Å²) in [6, 6.07) is -0.150. The molecule has 0 aliphatic carbocycles. The molecule has 1 fully saturated rings. The van der Waals surface area contributed by atoms with E-state index in [2.05, 4.69) is 10.6 Å². The van der Waals surface area contributed by atoms with Crippen LogP contribution in [-0.2, 0) is 4.79 Å². The van der Waals surface area contributed by atoms with E-state index in [1.165, 1.54) is 0 Å². The molecule has 1 aliphatic heterocycles. The van der Waals surface area contributed by atoms with Gasteiger partial charge in [0.05, 0.1) is 6.04 Å². The molecule has 2 N–H and O–H groups in total. The maximum Gasteiger partial charge on any atom is 0.389 e. The average molecular weight is 238 g/mol. The maximum absolute atomic E-state index is 11.8. The van der Waals surface area contributed by atoms with Crippen LogP contribution in [-0.4, -0.2) is 31.2 Å². The molecule has 0 bridgehead atoms. The molecule has 3 nitrogen and oxygen atoms in total. The summed E-state index contributed by atoms with van der Waals surface area (Å²) in [5.74, 6) is -0.0930. The van der Waals surface area contributed by atoms with E-state index < -0.39 is 12.6 Å². The lowest BCUT2D eigenvalue weighted by Crippen LogP contribution is -2.40. The molecule has 1 unspecified atom stereocenters. The number of halogens is 3. The van der Waals surface area contributed by atoms with Crippen molar-refractivity contribution in [1.82, 2.24) is 10.6 Å². The largest absolute Gasteiger partial charge is 0.389 e. The summed E-state index contributed by atoms with van der Waals surface area (Å²) in [6.45, 7) is 1.17. The molecule has 1 saturated heterocycles. The van der Waals surface area contributed by atoms with Crippen LogP contribution in [0.25, 0.3) is 0 Å². The Labute approximate surface area is 92.8 Å². The first kappa shape index (κ1) is 13.3. The maximum atomic E-state index is 11.8. The van der Waals surface area contributed by atoms with Gasteiger partial charge in [-0.2, -0.15) is 13.2 Å². The summed E-state index contributed by atoms with van der Waals surface area (Å²) in [5.41, 5.74) is 0. The van der Waals surface area contributed by atoms with Gasteiger partial charge in [-0.25, -0.2) is 0 Å². The summed E-state index contributed by atoms with van der Waals surface area (Å²) >= 11 is 0. The minimum absolute atomic E-state index is 0.0713. The molecule has 0 saturated carbocycles. The summed E-state index contributed by atoms with van der Waals surface area (Å²) in [6.07, 6.45) is -2.62. The van der Waals surface area contributed by atoms with Gasteiger partial charge >= 0.3 is 6.18 Å². The molecule has 16 heavy (non-hydrogen) atoms. The van der Waals surface area contributed by atoms with Crippen molar-refractivity contribution in [1.29, 1.82) is 0 Å². The highest BCUT2D eigenvalue weighted by Gasteiger charge is 2.26. The van der Waals surface area contributed by atoms with E-state index in [4.69, 9.17) is 0 Å². The quantitative estimate of drug-likeness (QED) is 0.714. The lowest BCUT2D eigenvalue weighted by Gasteiger charge is -2.11. The van der Waals surface area contributed by atoms with E-state index in [1.54, 1.807) is 0 Å². The fraction of sp³-hybridized carbons (Fsp3) is 0.900. The van der Waals surface area contributed by atoms with Crippen molar-refractivity contribution in [3.63, 3.8) is 0 Å². The highest BCUT2D eigenvalue weighted by atomic mass is 19.4. The Morgan fingerprint density at radius 2 is 2.12 bits per heavy atom. The molecule has 6 heteroatoms. The first-order valence-corrected chi connectivity index (χ1v) is 5.57. The van der Waals surface area contributed by atoms with Crippen LogP contribution >= 0.6 is 0 Å². The van der Waals surface area contributed by atoms with Gasteiger partial charge in [0.1, 0.15) is 0 Å². The fourth-order valence-electron chi connectivity index (χ4n) is 1.69. The topological polar surface area (TPSA) is 41.1 Å². The number of carbonyl (C=O) groups is 1. The van der Waals surface area contributed by atoms with Crippen LogP contribution in [0.2, 0.25) is 0 Å². The molecule has 94 valence electrons. The number of nitrogens with one attached hydrogen (secondary N) is 2. The molecule has 0 aromatic heterocycles. The SMILES string of the molecule is O=C(NCCCCC(F)(F)F)C1CCCN1. The number of amides is 1. The summed E-state index contributed by atoms with van der Waals surface area (Å²) in [4.78, 5) is 11.4. The Morgan fingerprint density at radius 1 is 1.38 bits per heavy atom. The third kappa shape index (κ3) is 5.34. The number of carbonyl (C=O) groups excluding carboxylic acids is 1. The molecule has 0 aromatic rings. The van der Waals surface area contributed by atoms with Gasteiger partial charge in [0.25, 0.3) is 0 Å². The Morgan fingerprint density at radius 3 is 2.69 bits per heavy atom. The standard InChI is InChI=1S/C10H17F3N2O/c11-10(12,13)5-1-2-6-15-9(16)8-4-3-7-14-8/h8,14H,1-7H2,(H,15,16). The van der Waals surface area contributed by atoms with Gasteiger partial charge in [-0.15, -0.1) is 0 Å². The third-order valence-electron chi connectivity index (χ3n) is 2.56. The minimum atomic E-state index is -4.09. The molecule has 1 amide bonds. The zero-order valence-corrected chi connectivity index (χ0v) is 9.07. The van der Waals surface area contributed by atoms with Crippen molar-refractivity contribution < 1.29 is 18.0 Å². The van der Waals surface area contributed by atoms with Crippen molar-refractivity contribution in [3.8, 4) is 0 Å². The molecular weight excluding hydrogens is 221 g/mol. The van der Waals surface area contributed by atoms with Crippen LogP contribution in [0.1, 0.15) is 32.1 Å². The van der Waals surface area contributed by atoms with Gasteiger partial charge in [0.2, 0.25) is 5.91 Å². The van der Waals surface area contributed by atoms with E-state index >= 15 is 0 Å². The van der Waals surface area contributed by atoms with Gasteiger partial charge in [-0.05, 0) is 32.2 Å². The minimum Gasteiger partial charge on any atom is -0.355 e. The van der Waals surface area contributed by atoms with E-state index in [9.17, 15) is 18.0 Å². The van der Waals surface area contributed by atoms with E-state index in [-0.39, 0.29) is 18.4 Å². The predicted molar refractivity (Wildman–Crippen MR) is 53.9 cm³/mol. The average Bonchev–Trinajstić information content (AvgIpc) is 2.67. The normalized spacial score (nSPS) is 21.1. The van der Waals surface area contributed by atoms with Crippen LogP contribution in [0.5, 0.6) is 0 Å². The number of hydrogen-bond donors (Lipinski definition) is 2. The first-order valence-electron chi connectivity index (χ1n) is 5.57. The van der Waals surface area contributed by atoms with Crippen molar-refractivity contribution in [3.05, 3.63) is 0 Å². The van der Waals surface area contributed by atoms with Crippen molar-refractivity contribution in [2.75, 3.05) is 13.1 Å². The first-order chi connectivity index (χ1) is 7.49. The van der Waals surface area contributed by atoms with Crippen molar-refractivity contribution in [2.45, 2.75) is 44.3 Å². The molecule has 1 rings (SSSR count). The number of rotatable bonds is 5. The molecule has 0 radical (unpaired) electrons. The highest BCUT2D eigenvalue weighted by molar-refractivity contribution is 5.81. The second-order valence-corrected chi connectivity index (χ2v) is 4.01. The van der Waals surface area contributed by atoms with E-state index in [0.29, 0.717) is 13.0 Å². The molecule has 1 atom stereocenters. The summed E-state index contributed by atoms with van der Waals surface area (Å²) in [5, 5.41) is 5.67. The van der Waals surface area contributed by atoms with Crippen LogP contribution in [0.15, 0.2) is 0 Å². The van der Waals surface area contributed by atoms with E-state index in [0.717, 1.165) is 19.4 Å². The lowest BCUT2D eigenvalue weighted by molar-refractivity contribution is -0.135. The van der Waals surface area contributed by atoms with Crippen LogP contribution < -0.4 is 10.6 Å². The summed E-state index contributed by atoms with van der Waals surface area (Å²) in [7, 11) is 0. The monoisotopic (exact) mass is 238 g/mol.